The lowest BCUT2D eigenvalue weighted by Gasteiger charge is -2.00. The molecule has 6 nitrogen and oxygen atoms in total. The zero-order chi connectivity index (χ0) is 13.6. The molecule has 0 aliphatic rings. The van der Waals surface area contributed by atoms with E-state index < -0.39 is 5.97 Å². The largest absolute Gasteiger partial charge is 0.496 e. The monoisotopic (exact) mass is 321 g/mol. The van der Waals surface area contributed by atoms with Crippen LogP contribution in [0.1, 0.15) is 10.5 Å². The van der Waals surface area contributed by atoms with E-state index in [2.05, 4.69) is 25.9 Å². The second kappa shape index (κ2) is 4.20. The van der Waals surface area contributed by atoms with Gasteiger partial charge < -0.3 is 9.84 Å². The van der Waals surface area contributed by atoms with Crippen molar-refractivity contribution in [1.29, 1.82) is 0 Å². The van der Waals surface area contributed by atoms with Gasteiger partial charge in [0.05, 0.1) is 22.5 Å². The van der Waals surface area contributed by atoms with Gasteiger partial charge in [-0.05, 0) is 28.1 Å². The van der Waals surface area contributed by atoms with Gasteiger partial charge in [0.2, 0.25) is 0 Å². The lowest BCUT2D eigenvalue weighted by atomic mass is 10.3. The fraction of sp³-hybridized carbons (Fsp3) is 0.0833. The van der Waals surface area contributed by atoms with Crippen LogP contribution in [-0.2, 0) is 0 Å². The van der Waals surface area contributed by atoms with Crippen molar-refractivity contribution in [3.8, 4) is 5.75 Å². The number of carboxylic acids is 1. The first-order valence-electron chi connectivity index (χ1n) is 5.35. The van der Waals surface area contributed by atoms with Crippen LogP contribution < -0.4 is 4.74 Å². The van der Waals surface area contributed by atoms with E-state index in [1.807, 2.05) is 0 Å². The molecule has 1 N–H and O–H groups in total. The highest BCUT2D eigenvalue weighted by Gasteiger charge is 2.17. The van der Waals surface area contributed by atoms with Gasteiger partial charge in [0.25, 0.3) is 0 Å². The first-order chi connectivity index (χ1) is 9.13. The van der Waals surface area contributed by atoms with Gasteiger partial charge in [0.1, 0.15) is 12.1 Å². The number of carbonyl (C=O) groups is 1. The molecule has 96 valence electrons. The summed E-state index contributed by atoms with van der Waals surface area (Å²) in [5.41, 5.74) is 1.32. The Morgan fingerprint density at radius 2 is 2.26 bits per heavy atom. The molecule has 3 rings (SSSR count). The van der Waals surface area contributed by atoms with Crippen LogP contribution in [0.5, 0.6) is 5.75 Å². The minimum atomic E-state index is -1.07. The molecule has 0 saturated heterocycles. The van der Waals surface area contributed by atoms with E-state index in [1.165, 1.54) is 12.4 Å². The van der Waals surface area contributed by atoms with Crippen LogP contribution in [0.4, 0.5) is 0 Å². The zero-order valence-electron chi connectivity index (χ0n) is 9.79. The lowest BCUT2D eigenvalue weighted by Crippen LogP contribution is -2.01. The molecule has 0 fully saturated rings. The molecule has 0 unspecified atom stereocenters. The van der Waals surface area contributed by atoms with Gasteiger partial charge in [-0.15, -0.1) is 0 Å². The predicted molar refractivity (Wildman–Crippen MR) is 71.7 cm³/mol. The number of aromatic nitrogens is 3. The van der Waals surface area contributed by atoms with Gasteiger partial charge in [-0.25, -0.2) is 14.8 Å². The topological polar surface area (TPSA) is 76.7 Å². The minimum Gasteiger partial charge on any atom is -0.496 e. The average molecular weight is 322 g/mol. The molecule has 0 bridgehead atoms. The maximum Gasteiger partial charge on any atom is 0.354 e. The number of halogens is 1. The second-order valence-electron chi connectivity index (χ2n) is 3.86. The van der Waals surface area contributed by atoms with Gasteiger partial charge in [0, 0.05) is 6.20 Å². The summed E-state index contributed by atoms with van der Waals surface area (Å²) >= 11 is 3.47. The molecule has 0 spiro atoms. The minimum absolute atomic E-state index is 0.0185. The standard InChI is InChI=1S/C12H8BrN3O3/c1-19-8-2-3-14-11-9(8)10(13)7-4-6(12(17)18)15-5-16(7)11/h2-5H,1H3,(H,17,18). The van der Waals surface area contributed by atoms with Crippen LogP contribution in [0.3, 0.4) is 0 Å². The molecule has 0 aliphatic heterocycles. The number of methoxy groups -OCH3 is 1. The van der Waals surface area contributed by atoms with E-state index in [1.54, 1.807) is 23.8 Å². The van der Waals surface area contributed by atoms with Gasteiger partial charge in [-0.1, -0.05) is 0 Å². The van der Waals surface area contributed by atoms with E-state index in [-0.39, 0.29) is 5.69 Å². The summed E-state index contributed by atoms with van der Waals surface area (Å²) in [4.78, 5) is 19.1. The highest BCUT2D eigenvalue weighted by molar-refractivity contribution is 9.10. The van der Waals surface area contributed by atoms with Gasteiger partial charge in [0.15, 0.2) is 11.3 Å². The summed E-state index contributed by atoms with van der Waals surface area (Å²) in [6.45, 7) is 0. The molecular formula is C12H8BrN3O3. The second-order valence-corrected chi connectivity index (χ2v) is 4.65. The number of ether oxygens (including phenoxy) is 1. The van der Waals surface area contributed by atoms with Crippen molar-refractivity contribution in [2.24, 2.45) is 0 Å². The maximum absolute atomic E-state index is 11.0. The van der Waals surface area contributed by atoms with Gasteiger partial charge in [-0.3, -0.25) is 4.40 Å². The van der Waals surface area contributed by atoms with Crippen molar-refractivity contribution in [1.82, 2.24) is 14.4 Å². The average Bonchev–Trinajstić information content (AvgIpc) is 2.72. The van der Waals surface area contributed by atoms with Crippen LogP contribution in [0.2, 0.25) is 0 Å². The lowest BCUT2D eigenvalue weighted by molar-refractivity contribution is 0.0690. The third kappa shape index (κ3) is 1.66. The quantitative estimate of drug-likeness (QED) is 0.784. The summed E-state index contributed by atoms with van der Waals surface area (Å²) in [6, 6.07) is 3.24. The smallest absolute Gasteiger partial charge is 0.354 e. The Morgan fingerprint density at radius 3 is 2.95 bits per heavy atom. The SMILES string of the molecule is COc1ccnc2c1c(Br)c1cc(C(=O)O)ncn12. The molecule has 0 atom stereocenters. The normalized spacial score (nSPS) is 11.1. The summed E-state index contributed by atoms with van der Waals surface area (Å²) < 4.78 is 7.75. The van der Waals surface area contributed by atoms with E-state index >= 15 is 0 Å². The summed E-state index contributed by atoms with van der Waals surface area (Å²) in [5, 5.41) is 9.77. The first kappa shape index (κ1) is 11.9. The number of pyridine rings is 1. The van der Waals surface area contributed by atoms with Crippen LogP contribution in [-0.4, -0.2) is 32.6 Å². The Labute approximate surface area is 115 Å². The number of rotatable bonds is 2. The number of hydrogen-bond acceptors (Lipinski definition) is 4. The number of nitrogens with zero attached hydrogens (tertiary/aromatic N) is 3. The van der Waals surface area contributed by atoms with E-state index in [0.29, 0.717) is 16.9 Å². The number of carboxylic acid groups (broad SMARTS) is 1. The third-order valence-electron chi connectivity index (χ3n) is 2.85. The fourth-order valence-corrected chi connectivity index (χ4v) is 2.67. The Kier molecular flexibility index (Phi) is 2.63. The van der Waals surface area contributed by atoms with Crippen molar-refractivity contribution in [3.05, 3.63) is 34.8 Å². The van der Waals surface area contributed by atoms with Crippen molar-refractivity contribution in [3.63, 3.8) is 0 Å². The summed E-state index contributed by atoms with van der Waals surface area (Å²) in [5.74, 6) is -0.406. The van der Waals surface area contributed by atoms with E-state index in [9.17, 15) is 4.79 Å². The Hall–Kier alpha value is -2.15. The third-order valence-corrected chi connectivity index (χ3v) is 3.65. The highest BCUT2D eigenvalue weighted by atomic mass is 79.9. The number of aromatic carboxylic acids is 1. The molecule has 0 saturated carbocycles. The molecule has 0 radical (unpaired) electrons. The maximum atomic E-state index is 11.0. The van der Waals surface area contributed by atoms with Gasteiger partial charge in [-0.2, -0.15) is 0 Å². The zero-order valence-corrected chi connectivity index (χ0v) is 11.4. The highest BCUT2D eigenvalue weighted by Crippen LogP contribution is 2.36. The molecule has 0 aliphatic carbocycles. The number of hydrogen-bond donors (Lipinski definition) is 1. The van der Waals surface area contributed by atoms with Crippen molar-refractivity contribution in [2.45, 2.75) is 0 Å². The molecule has 7 heteroatoms. The van der Waals surface area contributed by atoms with Crippen molar-refractivity contribution < 1.29 is 14.6 Å². The van der Waals surface area contributed by atoms with Crippen molar-refractivity contribution >= 4 is 38.4 Å². The predicted octanol–water partition coefficient (Wildman–Crippen LogP) is 2.35. The molecular weight excluding hydrogens is 314 g/mol. The van der Waals surface area contributed by atoms with Crippen LogP contribution in [0, 0.1) is 0 Å². The summed E-state index contributed by atoms with van der Waals surface area (Å²) in [6.07, 6.45) is 3.07. The van der Waals surface area contributed by atoms with Crippen LogP contribution in [0.15, 0.2) is 29.1 Å². The summed E-state index contributed by atoms with van der Waals surface area (Å²) in [7, 11) is 1.57. The molecule has 3 aromatic rings. The first-order valence-corrected chi connectivity index (χ1v) is 6.14. The van der Waals surface area contributed by atoms with Gasteiger partial charge >= 0.3 is 5.97 Å². The fourth-order valence-electron chi connectivity index (χ4n) is 1.99. The molecule has 19 heavy (non-hydrogen) atoms. The van der Waals surface area contributed by atoms with Crippen LogP contribution >= 0.6 is 15.9 Å². The van der Waals surface area contributed by atoms with Crippen molar-refractivity contribution in [2.75, 3.05) is 7.11 Å². The Bertz CT molecular complexity index is 813. The Morgan fingerprint density at radius 1 is 1.47 bits per heavy atom. The van der Waals surface area contributed by atoms with Crippen LogP contribution in [0.25, 0.3) is 16.6 Å². The van der Waals surface area contributed by atoms with E-state index in [4.69, 9.17) is 9.84 Å². The molecule has 3 aromatic heterocycles. The molecule has 0 aromatic carbocycles. The van der Waals surface area contributed by atoms with E-state index in [0.717, 1.165) is 9.86 Å². The Balaban J connectivity index is 2.48. The molecule has 3 heterocycles. The number of fused-ring (bicyclic) bond motifs is 3. The molecule has 0 amide bonds.